The predicted octanol–water partition coefficient (Wildman–Crippen LogP) is 3.17. The minimum absolute atomic E-state index is 0. The summed E-state index contributed by atoms with van der Waals surface area (Å²) in [5.41, 5.74) is 7.25. The Morgan fingerprint density at radius 1 is 1.00 bits per heavy atom. The summed E-state index contributed by atoms with van der Waals surface area (Å²) in [6.07, 6.45) is 0. The maximum Gasteiger partial charge on any atom is 0.122 e. The van der Waals surface area contributed by atoms with Gasteiger partial charge in [0.15, 0.2) is 0 Å². The average Bonchev–Trinajstić information content (AvgIpc) is 2.26. The van der Waals surface area contributed by atoms with Gasteiger partial charge in [0.2, 0.25) is 0 Å². The van der Waals surface area contributed by atoms with Crippen LogP contribution in [0.25, 0.3) is 0 Å². The van der Waals surface area contributed by atoms with Gasteiger partial charge in [-0.15, -0.1) is 12.4 Å². The molecule has 0 bridgehead atoms. The van der Waals surface area contributed by atoms with Crippen molar-refractivity contribution in [3.05, 3.63) is 23.8 Å². The van der Waals surface area contributed by atoms with Crippen LogP contribution in [0.2, 0.25) is 0 Å². The first-order chi connectivity index (χ1) is 7.38. The van der Waals surface area contributed by atoms with Gasteiger partial charge in [-0.05, 0) is 23.1 Å². The van der Waals surface area contributed by atoms with Crippen LogP contribution in [0, 0.1) is 5.41 Å². The summed E-state index contributed by atoms with van der Waals surface area (Å²) in [4.78, 5) is 0. The summed E-state index contributed by atoms with van der Waals surface area (Å²) in [5.74, 6) is 1.54. The Bertz CT molecular complexity index is 339. The summed E-state index contributed by atoms with van der Waals surface area (Å²) in [6, 6.07) is 5.71. The second-order valence-electron chi connectivity index (χ2n) is 4.99. The summed E-state index contributed by atoms with van der Waals surface area (Å²) in [5, 5.41) is 0. The number of ether oxygens (including phenoxy) is 2. The van der Waals surface area contributed by atoms with Gasteiger partial charge in [-0.3, -0.25) is 0 Å². The van der Waals surface area contributed by atoms with E-state index in [2.05, 4.69) is 20.8 Å². The Balaban J connectivity index is 0.00000256. The number of halogens is 1. The van der Waals surface area contributed by atoms with E-state index in [1.54, 1.807) is 14.2 Å². The zero-order valence-corrected chi connectivity index (χ0v) is 11.9. The van der Waals surface area contributed by atoms with Crippen molar-refractivity contribution in [3.63, 3.8) is 0 Å². The van der Waals surface area contributed by atoms with E-state index in [0.717, 1.165) is 17.1 Å². The molecule has 0 aliphatic carbocycles. The van der Waals surface area contributed by atoms with E-state index < -0.39 is 0 Å². The van der Waals surface area contributed by atoms with Crippen molar-refractivity contribution in [1.29, 1.82) is 0 Å². The molecule has 2 N–H and O–H groups in total. The van der Waals surface area contributed by atoms with Gasteiger partial charge < -0.3 is 15.2 Å². The lowest BCUT2D eigenvalue weighted by Crippen LogP contribution is -2.26. The van der Waals surface area contributed by atoms with Gasteiger partial charge in [-0.1, -0.05) is 20.8 Å². The van der Waals surface area contributed by atoms with Crippen LogP contribution in [0.1, 0.15) is 32.4 Å². The third-order valence-corrected chi connectivity index (χ3v) is 2.67. The summed E-state index contributed by atoms with van der Waals surface area (Å²) in [6.45, 7) is 6.34. The number of benzene rings is 1. The molecule has 17 heavy (non-hydrogen) atoms. The maximum absolute atomic E-state index is 6.21. The fourth-order valence-electron chi connectivity index (χ4n) is 1.51. The second kappa shape index (κ2) is 6.12. The molecule has 0 heterocycles. The largest absolute Gasteiger partial charge is 0.497 e. The lowest BCUT2D eigenvalue weighted by molar-refractivity contribution is 0.323. The molecule has 1 aromatic rings. The zero-order valence-electron chi connectivity index (χ0n) is 11.1. The smallest absolute Gasteiger partial charge is 0.122 e. The molecule has 3 nitrogen and oxygen atoms in total. The fourth-order valence-corrected chi connectivity index (χ4v) is 1.51. The van der Waals surface area contributed by atoms with Crippen LogP contribution in [-0.2, 0) is 0 Å². The number of nitrogens with two attached hydrogens (primary N) is 1. The van der Waals surface area contributed by atoms with E-state index in [0.29, 0.717) is 0 Å². The molecule has 98 valence electrons. The predicted molar refractivity (Wildman–Crippen MR) is 73.2 cm³/mol. The molecule has 0 aliphatic heterocycles. The third kappa shape index (κ3) is 4.10. The van der Waals surface area contributed by atoms with Crippen LogP contribution in [0.5, 0.6) is 11.5 Å². The quantitative estimate of drug-likeness (QED) is 0.907. The van der Waals surface area contributed by atoms with Gasteiger partial charge in [0, 0.05) is 12.1 Å². The molecule has 0 unspecified atom stereocenters. The highest BCUT2D eigenvalue weighted by Crippen LogP contribution is 2.34. The van der Waals surface area contributed by atoms with Crippen LogP contribution in [0.15, 0.2) is 18.2 Å². The maximum atomic E-state index is 6.21. The first-order valence-electron chi connectivity index (χ1n) is 5.37. The normalized spacial score (nSPS) is 12.6. The molecule has 1 aromatic carbocycles. The molecule has 1 rings (SSSR count). The van der Waals surface area contributed by atoms with Gasteiger partial charge in [0.25, 0.3) is 0 Å². The summed E-state index contributed by atoms with van der Waals surface area (Å²) in [7, 11) is 3.28. The number of hydrogen-bond donors (Lipinski definition) is 1. The Hall–Kier alpha value is -0.930. The molecule has 0 radical (unpaired) electrons. The number of methoxy groups -OCH3 is 2. The van der Waals surface area contributed by atoms with E-state index in [9.17, 15) is 0 Å². The molecule has 0 aromatic heterocycles. The minimum Gasteiger partial charge on any atom is -0.497 e. The molecular formula is C13H22ClNO2. The molecule has 0 amide bonds. The lowest BCUT2D eigenvalue weighted by Gasteiger charge is -2.27. The highest BCUT2D eigenvalue weighted by molar-refractivity contribution is 5.85. The van der Waals surface area contributed by atoms with Gasteiger partial charge in [-0.25, -0.2) is 0 Å². The molecule has 0 spiro atoms. The first kappa shape index (κ1) is 16.1. The van der Waals surface area contributed by atoms with Crippen molar-refractivity contribution in [2.75, 3.05) is 14.2 Å². The SMILES string of the molecule is COc1cc(OC)cc([C@@H](N)C(C)(C)C)c1.Cl. The third-order valence-electron chi connectivity index (χ3n) is 2.67. The number of rotatable bonds is 3. The van der Waals surface area contributed by atoms with Crippen molar-refractivity contribution in [2.45, 2.75) is 26.8 Å². The van der Waals surface area contributed by atoms with Gasteiger partial charge in [0.05, 0.1) is 14.2 Å². The van der Waals surface area contributed by atoms with E-state index in [1.807, 2.05) is 18.2 Å². The average molecular weight is 260 g/mol. The van der Waals surface area contributed by atoms with Crippen molar-refractivity contribution < 1.29 is 9.47 Å². The zero-order chi connectivity index (χ0) is 12.3. The fraction of sp³-hybridized carbons (Fsp3) is 0.538. The van der Waals surface area contributed by atoms with Gasteiger partial charge in [0.1, 0.15) is 11.5 Å². The van der Waals surface area contributed by atoms with Crippen LogP contribution >= 0.6 is 12.4 Å². The monoisotopic (exact) mass is 259 g/mol. The Kier molecular flexibility index (Phi) is 5.79. The van der Waals surface area contributed by atoms with Gasteiger partial charge in [-0.2, -0.15) is 0 Å². The van der Waals surface area contributed by atoms with Crippen LogP contribution < -0.4 is 15.2 Å². The molecule has 0 saturated heterocycles. The van der Waals surface area contributed by atoms with Crippen LogP contribution in [0.3, 0.4) is 0 Å². The first-order valence-corrected chi connectivity index (χ1v) is 5.37. The summed E-state index contributed by atoms with van der Waals surface area (Å²) >= 11 is 0. The molecule has 1 atom stereocenters. The lowest BCUT2D eigenvalue weighted by atomic mass is 9.83. The summed E-state index contributed by atoms with van der Waals surface area (Å²) < 4.78 is 10.4. The number of hydrogen-bond acceptors (Lipinski definition) is 3. The second-order valence-corrected chi connectivity index (χ2v) is 4.99. The van der Waals surface area contributed by atoms with Crippen LogP contribution in [0.4, 0.5) is 0 Å². The Morgan fingerprint density at radius 3 is 1.71 bits per heavy atom. The topological polar surface area (TPSA) is 44.5 Å². The molecule has 0 aliphatic rings. The van der Waals surface area contributed by atoms with Gasteiger partial charge >= 0.3 is 0 Å². The van der Waals surface area contributed by atoms with E-state index >= 15 is 0 Å². The highest BCUT2D eigenvalue weighted by Gasteiger charge is 2.23. The highest BCUT2D eigenvalue weighted by atomic mass is 35.5. The van der Waals surface area contributed by atoms with Crippen molar-refractivity contribution in [3.8, 4) is 11.5 Å². The van der Waals surface area contributed by atoms with Crippen LogP contribution in [-0.4, -0.2) is 14.2 Å². The van der Waals surface area contributed by atoms with Crippen molar-refractivity contribution in [2.24, 2.45) is 11.1 Å². The Labute approximate surface area is 110 Å². The standard InChI is InChI=1S/C13H21NO2.ClH/c1-13(2,3)12(14)9-6-10(15-4)8-11(7-9)16-5;/h6-8,12H,14H2,1-5H3;1H/t12-;/m1./s1. The Morgan fingerprint density at radius 2 is 1.41 bits per heavy atom. The molecule has 0 saturated carbocycles. The van der Waals surface area contributed by atoms with E-state index in [4.69, 9.17) is 15.2 Å². The molecular weight excluding hydrogens is 238 g/mol. The van der Waals surface area contributed by atoms with E-state index in [1.165, 1.54) is 0 Å². The van der Waals surface area contributed by atoms with Crippen molar-refractivity contribution >= 4 is 12.4 Å². The van der Waals surface area contributed by atoms with Crippen molar-refractivity contribution in [1.82, 2.24) is 0 Å². The molecule has 0 fully saturated rings. The van der Waals surface area contributed by atoms with E-state index in [-0.39, 0.29) is 23.9 Å². The minimum atomic E-state index is -0.0449. The molecule has 4 heteroatoms.